The van der Waals surface area contributed by atoms with E-state index in [9.17, 15) is 19.5 Å². The van der Waals surface area contributed by atoms with Crippen molar-refractivity contribution < 1.29 is 14.7 Å². The molecular weight excluding hydrogens is 432 g/mol. The van der Waals surface area contributed by atoms with Crippen LogP contribution in [0.5, 0.6) is 0 Å². The predicted octanol–water partition coefficient (Wildman–Crippen LogP) is 4.28. The molecule has 0 saturated carbocycles. The van der Waals surface area contributed by atoms with Crippen molar-refractivity contribution in [1.29, 1.82) is 0 Å². The number of amides is 2. The van der Waals surface area contributed by atoms with Crippen LogP contribution >= 0.6 is 0 Å². The molecular formula is C26H32N4O4. The number of rotatable bonds is 6. The van der Waals surface area contributed by atoms with Crippen LogP contribution in [-0.4, -0.2) is 21.7 Å². The minimum atomic E-state index is -1.18. The van der Waals surface area contributed by atoms with Crippen LogP contribution < -0.4 is 22.1 Å². The first-order chi connectivity index (χ1) is 16.0. The zero-order chi connectivity index (χ0) is 25.2. The largest absolute Gasteiger partial charge is 0.465 e. The first kappa shape index (κ1) is 25.0. The fraction of sp³-hybridized carbons (Fsp3) is 0.346. The van der Waals surface area contributed by atoms with Gasteiger partial charge in [-0.1, -0.05) is 65.0 Å². The van der Waals surface area contributed by atoms with Crippen LogP contribution in [0.1, 0.15) is 56.7 Å². The number of aromatic nitrogens is 1. The molecule has 1 atom stereocenters. The summed E-state index contributed by atoms with van der Waals surface area (Å²) >= 11 is 0. The van der Waals surface area contributed by atoms with Gasteiger partial charge in [0, 0.05) is 23.1 Å². The second-order valence-corrected chi connectivity index (χ2v) is 9.92. The van der Waals surface area contributed by atoms with E-state index in [0.717, 1.165) is 5.56 Å². The predicted molar refractivity (Wildman–Crippen MR) is 133 cm³/mol. The molecule has 0 aliphatic heterocycles. The van der Waals surface area contributed by atoms with Crippen molar-refractivity contribution in [1.82, 2.24) is 15.3 Å². The Labute approximate surface area is 198 Å². The second kappa shape index (κ2) is 9.69. The molecule has 0 radical (unpaired) electrons. The summed E-state index contributed by atoms with van der Waals surface area (Å²) in [6, 6.07) is 13.6. The van der Waals surface area contributed by atoms with Crippen LogP contribution in [0.3, 0.4) is 0 Å². The fourth-order valence-corrected chi connectivity index (χ4v) is 4.26. The zero-order valence-electron chi connectivity index (χ0n) is 20.2. The minimum absolute atomic E-state index is 0.130. The van der Waals surface area contributed by atoms with Crippen LogP contribution in [0, 0.1) is 11.3 Å². The van der Waals surface area contributed by atoms with Gasteiger partial charge in [0.15, 0.2) is 0 Å². The monoisotopic (exact) mass is 464 g/mol. The maximum Gasteiger partial charge on any atom is 0.405 e. The third-order valence-electron chi connectivity index (χ3n) is 5.72. The highest BCUT2D eigenvalue weighted by Crippen LogP contribution is 2.41. The lowest BCUT2D eigenvalue weighted by Gasteiger charge is -2.35. The summed E-state index contributed by atoms with van der Waals surface area (Å²) in [4.78, 5) is 38.0. The van der Waals surface area contributed by atoms with Gasteiger partial charge in [-0.15, -0.1) is 0 Å². The van der Waals surface area contributed by atoms with E-state index in [0.29, 0.717) is 34.1 Å². The lowest BCUT2D eigenvalue weighted by atomic mass is 9.80. The van der Waals surface area contributed by atoms with Gasteiger partial charge in [-0.25, -0.2) is 10.6 Å². The second-order valence-electron chi connectivity index (χ2n) is 9.92. The Morgan fingerprint density at radius 3 is 2.24 bits per heavy atom. The normalized spacial score (nSPS) is 12.6. The summed E-state index contributed by atoms with van der Waals surface area (Å²) in [7, 11) is 0. The van der Waals surface area contributed by atoms with Crippen molar-refractivity contribution in [2.24, 2.45) is 17.2 Å². The van der Waals surface area contributed by atoms with Gasteiger partial charge in [0.25, 0.3) is 11.5 Å². The number of hydrazine groups is 1. The Morgan fingerprint density at radius 2 is 1.71 bits per heavy atom. The number of pyridine rings is 1. The van der Waals surface area contributed by atoms with E-state index in [1.165, 1.54) is 0 Å². The number of benzene rings is 2. The molecule has 0 saturated heterocycles. The highest BCUT2D eigenvalue weighted by molar-refractivity contribution is 6.03. The smallest absolute Gasteiger partial charge is 0.405 e. The topological polar surface area (TPSA) is 126 Å². The number of carbonyl (C=O) groups is 2. The van der Waals surface area contributed by atoms with Crippen molar-refractivity contribution in [3.05, 3.63) is 70.1 Å². The number of hydrogen-bond donors (Lipinski definition) is 4. The number of nitrogens with zero attached hydrogens (tertiary/aromatic N) is 1. The number of carbonyl (C=O) groups excluding carboxylic acids is 1. The number of hydrogen-bond acceptors (Lipinski definition) is 4. The molecule has 34 heavy (non-hydrogen) atoms. The molecule has 1 aromatic heterocycles. The van der Waals surface area contributed by atoms with Gasteiger partial charge in [0.05, 0.1) is 11.7 Å². The highest BCUT2D eigenvalue weighted by atomic mass is 16.4. The average Bonchev–Trinajstić information content (AvgIpc) is 2.78. The summed E-state index contributed by atoms with van der Waals surface area (Å²) in [5, 5.41) is 13.4. The summed E-state index contributed by atoms with van der Waals surface area (Å²) in [6.07, 6.45) is -1.18. The summed E-state index contributed by atoms with van der Waals surface area (Å²) in [5.74, 6) is 5.00. The number of nitrogen functional groups attached to an aromatic ring is 1. The number of nitrogens with two attached hydrogens (primary N) is 1. The molecule has 0 fully saturated rings. The fourth-order valence-electron chi connectivity index (χ4n) is 4.26. The summed E-state index contributed by atoms with van der Waals surface area (Å²) < 4.78 is 1.68. The lowest BCUT2D eigenvalue weighted by molar-refractivity contribution is 0.0953. The average molecular weight is 465 g/mol. The maximum atomic E-state index is 13.8. The Morgan fingerprint density at radius 1 is 1.06 bits per heavy atom. The van der Waals surface area contributed by atoms with Crippen LogP contribution in [0.2, 0.25) is 0 Å². The van der Waals surface area contributed by atoms with Gasteiger partial charge in [-0.05, 0) is 40.5 Å². The van der Waals surface area contributed by atoms with Gasteiger partial charge in [0.2, 0.25) is 0 Å². The Hall–Kier alpha value is -3.65. The van der Waals surface area contributed by atoms with Gasteiger partial charge < -0.3 is 15.0 Å². The Bertz CT molecular complexity index is 1270. The Balaban J connectivity index is 2.60. The zero-order valence-corrected chi connectivity index (χ0v) is 20.2. The highest BCUT2D eigenvalue weighted by Gasteiger charge is 2.34. The first-order valence-electron chi connectivity index (χ1n) is 11.2. The molecule has 2 amide bonds. The first-order valence-corrected chi connectivity index (χ1v) is 11.2. The molecule has 8 heteroatoms. The van der Waals surface area contributed by atoms with E-state index in [4.69, 9.17) is 5.84 Å². The van der Waals surface area contributed by atoms with E-state index in [1.54, 1.807) is 22.8 Å². The molecule has 5 N–H and O–H groups in total. The van der Waals surface area contributed by atoms with E-state index in [1.807, 2.05) is 65.0 Å². The number of carboxylic acid groups (broad SMARTS) is 1. The molecule has 180 valence electrons. The third kappa shape index (κ3) is 4.97. The SMILES string of the molecule is CC(C)Cn1c(C(NC(=O)O)C(C)(C)C)c(-c2ccccc2)c2cc(C(=O)NN)ccc2c1=O. The van der Waals surface area contributed by atoms with Crippen LogP contribution in [0.15, 0.2) is 53.3 Å². The summed E-state index contributed by atoms with van der Waals surface area (Å²) in [5.41, 5.74) is 3.72. The summed E-state index contributed by atoms with van der Waals surface area (Å²) in [6.45, 7) is 10.2. The van der Waals surface area contributed by atoms with E-state index in [2.05, 4.69) is 10.7 Å². The molecule has 1 heterocycles. The molecule has 0 aliphatic carbocycles. The van der Waals surface area contributed by atoms with Crippen molar-refractivity contribution in [3.63, 3.8) is 0 Å². The van der Waals surface area contributed by atoms with Crippen LogP contribution in [0.4, 0.5) is 4.79 Å². The molecule has 3 aromatic rings. The van der Waals surface area contributed by atoms with Crippen LogP contribution in [0.25, 0.3) is 21.9 Å². The van der Waals surface area contributed by atoms with Crippen molar-refractivity contribution in [3.8, 4) is 11.1 Å². The molecule has 2 aromatic carbocycles. The molecule has 3 rings (SSSR count). The molecule has 1 unspecified atom stereocenters. The van der Waals surface area contributed by atoms with Gasteiger partial charge in [-0.3, -0.25) is 15.0 Å². The lowest BCUT2D eigenvalue weighted by Crippen LogP contribution is -2.41. The van der Waals surface area contributed by atoms with Gasteiger partial charge in [0.1, 0.15) is 0 Å². The van der Waals surface area contributed by atoms with Gasteiger partial charge >= 0.3 is 6.09 Å². The quantitative estimate of drug-likeness (QED) is 0.246. The minimum Gasteiger partial charge on any atom is -0.465 e. The van der Waals surface area contributed by atoms with Crippen molar-refractivity contribution in [2.45, 2.75) is 47.2 Å². The molecule has 8 nitrogen and oxygen atoms in total. The number of nitrogens with one attached hydrogen (secondary N) is 2. The van der Waals surface area contributed by atoms with Crippen molar-refractivity contribution in [2.75, 3.05) is 0 Å². The molecule has 0 spiro atoms. The standard InChI is InChI=1S/C26H32N4O4/c1-15(2)14-30-21(22(26(3,4)5)28-25(33)34)20(16-9-7-6-8-10-16)19-13-17(23(31)29-27)11-12-18(19)24(30)32/h6-13,15,22,28H,14,27H2,1-5H3,(H,29,31)(H,33,34). The molecule has 0 aliphatic rings. The molecule has 0 bridgehead atoms. The number of fused-ring (bicyclic) bond motifs is 1. The van der Waals surface area contributed by atoms with Gasteiger partial charge in [-0.2, -0.15) is 0 Å². The van der Waals surface area contributed by atoms with Crippen molar-refractivity contribution >= 4 is 22.8 Å². The maximum absolute atomic E-state index is 13.8. The van der Waals surface area contributed by atoms with Crippen LogP contribution in [-0.2, 0) is 6.54 Å². The Kier molecular flexibility index (Phi) is 7.12. The van der Waals surface area contributed by atoms with E-state index >= 15 is 0 Å². The van der Waals surface area contributed by atoms with E-state index < -0.39 is 23.5 Å². The third-order valence-corrected chi connectivity index (χ3v) is 5.72. The van der Waals surface area contributed by atoms with E-state index in [-0.39, 0.29) is 11.5 Å².